The monoisotopic (exact) mass is 277 g/mol. The Labute approximate surface area is 112 Å². The van der Waals surface area contributed by atoms with Gasteiger partial charge in [0.05, 0.1) is 24.9 Å². The van der Waals surface area contributed by atoms with E-state index < -0.39 is 42.9 Å². The SMILES string of the molecule is C/C=C/[C@@H](O)[C@@H](N)CO[C@@H]1OC(C)[C@@H](O)C(O)C1O. The average molecular weight is 277 g/mol. The van der Waals surface area contributed by atoms with Crippen molar-refractivity contribution in [1.82, 2.24) is 0 Å². The molecule has 0 amide bonds. The van der Waals surface area contributed by atoms with Crippen LogP contribution in [0.5, 0.6) is 0 Å². The van der Waals surface area contributed by atoms with Crippen molar-refractivity contribution < 1.29 is 29.9 Å². The van der Waals surface area contributed by atoms with E-state index in [0.717, 1.165) is 0 Å². The van der Waals surface area contributed by atoms with Crippen LogP contribution in [0.2, 0.25) is 0 Å². The van der Waals surface area contributed by atoms with Crippen LogP contribution in [-0.4, -0.2) is 69.9 Å². The van der Waals surface area contributed by atoms with Crippen molar-refractivity contribution in [3.05, 3.63) is 12.2 Å². The van der Waals surface area contributed by atoms with E-state index >= 15 is 0 Å². The van der Waals surface area contributed by atoms with Crippen LogP contribution in [-0.2, 0) is 9.47 Å². The molecule has 1 heterocycles. The normalized spacial score (nSPS) is 39.4. The molecule has 112 valence electrons. The Morgan fingerprint density at radius 2 is 1.89 bits per heavy atom. The van der Waals surface area contributed by atoms with Gasteiger partial charge in [-0.05, 0) is 13.8 Å². The van der Waals surface area contributed by atoms with Crippen LogP contribution in [0.25, 0.3) is 0 Å². The quantitative estimate of drug-likeness (QED) is 0.371. The minimum absolute atomic E-state index is 0.0528. The molecule has 0 radical (unpaired) electrons. The highest BCUT2D eigenvalue weighted by Gasteiger charge is 2.42. The molecule has 6 N–H and O–H groups in total. The maximum Gasteiger partial charge on any atom is 0.186 e. The lowest BCUT2D eigenvalue weighted by atomic mass is 10.00. The second-order valence-electron chi connectivity index (χ2n) is 4.69. The van der Waals surface area contributed by atoms with Crippen LogP contribution >= 0.6 is 0 Å². The van der Waals surface area contributed by atoms with Crippen LogP contribution in [0.3, 0.4) is 0 Å². The number of hydrogen-bond donors (Lipinski definition) is 5. The van der Waals surface area contributed by atoms with Gasteiger partial charge < -0.3 is 35.6 Å². The van der Waals surface area contributed by atoms with Crippen LogP contribution < -0.4 is 5.73 Å². The van der Waals surface area contributed by atoms with E-state index in [1.165, 1.54) is 6.08 Å². The number of ether oxygens (including phenoxy) is 2. The van der Waals surface area contributed by atoms with E-state index in [1.54, 1.807) is 19.9 Å². The fourth-order valence-electron chi connectivity index (χ4n) is 1.80. The van der Waals surface area contributed by atoms with Gasteiger partial charge in [-0.2, -0.15) is 0 Å². The minimum atomic E-state index is -1.36. The first-order valence-corrected chi connectivity index (χ1v) is 6.26. The number of allylic oxidation sites excluding steroid dienone is 1. The van der Waals surface area contributed by atoms with Gasteiger partial charge in [0.1, 0.15) is 18.3 Å². The molecule has 1 aliphatic heterocycles. The van der Waals surface area contributed by atoms with Crippen molar-refractivity contribution in [1.29, 1.82) is 0 Å². The van der Waals surface area contributed by atoms with Gasteiger partial charge in [-0.1, -0.05) is 12.2 Å². The summed E-state index contributed by atoms with van der Waals surface area (Å²) >= 11 is 0. The Balaban J connectivity index is 2.48. The Kier molecular flexibility index (Phi) is 6.34. The number of nitrogens with two attached hydrogens (primary N) is 1. The summed E-state index contributed by atoms with van der Waals surface area (Å²) in [5.41, 5.74) is 5.69. The number of aliphatic hydroxyl groups excluding tert-OH is 4. The Hall–Kier alpha value is -0.540. The van der Waals surface area contributed by atoms with Crippen LogP contribution in [0.4, 0.5) is 0 Å². The number of rotatable bonds is 5. The molecular formula is C12H23NO6. The molecule has 1 rings (SSSR count). The summed E-state index contributed by atoms with van der Waals surface area (Å²) in [7, 11) is 0. The molecular weight excluding hydrogens is 254 g/mol. The standard InChI is InChI=1S/C12H23NO6/c1-3-4-8(14)7(13)5-18-12-11(17)10(16)9(15)6(2)19-12/h3-4,6-12,14-17H,5,13H2,1-2H3/b4-3+/t6?,7-,8+,9+,10?,11?,12+/m0/s1. The minimum Gasteiger partial charge on any atom is -0.388 e. The zero-order valence-corrected chi connectivity index (χ0v) is 11.1. The van der Waals surface area contributed by atoms with Gasteiger partial charge in [0, 0.05) is 0 Å². The lowest BCUT2D eigenvalue weighted by Crippen LogP contribution is -2.58. The van der Waals surface area contributed by atoms with Gasteiger partial charge >= 0.3 is 0 Å². The lowest BCUT2D eigenvalue weighted by Gasteiger charge is -2.39. The first kappa shape index (κ1) is 16.5. The molecule has 7 nitrogen and oxygen atoms in total. The van der Waals surface area contributed by atoms with Crippen molar-refractivity contribution in [2.75, 3.05) is 6.61 Å². The molecule has 1 fully saturated rings. The molecule has 0 aromatic heterocycles. The van der Waals surface area contributed by atoms with Crippen LogP contribution in [0, 0.1) is 0 Å². The van der Waals surface area contributed by atoms with E-state index in [-0.39, 0.29) is 6.61 Å². The Bertz CT molecular complexity index is 300. The molecule has 19 heavy (non-hydrogen) atoms. The molecule has 0 saturated carbocycles. The molecule has 0 aromatic carbocycles. The predicted molar refractivity (Wildman–Crippen MR) is 67.1 cm³/mol. The first-order valence-electron chi connectivity index (χ1n) is 6.26. The van der Waals surface area contributed by atoms with Crippen molar-refractivity contribution >= 4 is 0 Å². The summed E-state index contributed by atoms with van der Waals surface area (Å²) in [4.78, 5) is 0. The largest absolute Gasteiger partial charge is 0.388 e. The molecule has 0 aromatic rings. The van der Waals surface area contributed by atoms with E-state index in [2.05, 4.69) is 0 Å². The maximum atomic E-state index is 9.70. The van der Waals surface area contributed by atoms with Crippen molar-refractivity contribution in [2.45, 2.75) is 56.7 Å². The summed E-state index contributed by atoms with van der Waals surface area (Å²) in [6.07, 6.45) is -3.30. The predicted octanol–water partition coefficient (Wildman–Crippen LogP) is -1.91. The van der Waals surface area contributed by atoms with Crippen LogP contribution in [0.1, 0.15) is 13.8 Å². The zero-order valence-electron chi connectivity index (χ0n) is 11.1. The molecule has 7 heteroatoms. The van der Waals surface area contributed by atoms with Gasteiger partial charge in [-0.3, -0.25) is 0 Å². The van der Waals surface area contributed by atoms with E-state index in [1.807, 2.05) is 0 Å². The second kappa shape index (κ2) is 7.30. The summed E-state index contributed by atoms with van der Waals surface area (Å²) in [6.45, 7) is 3.26. The van der Waals surface area contributed by atoms with E-state index in [0.29, 0.717) is 0 Å². The van der Waals surface area contributed by atoms with Crippen molar-refractivity contribution in [2.24, 2.45) is 5.73 Å². The summed E-state index contributed by atoms with van der Waals surface area (Å²) in [6, 6.07) is -0.675. The average Bonchev–Trinajstić information content (AvgIpc) is 2.38. The van der Waals surface area contributed by atoms with E-state index in [9.17, 15) is 20.4 Å². The maximum absolute atomic E-state index is 9.70. The third kappa shape index (κ3) is 4.22. The molecule has 0 aliphatic carbocycles. The van der Waals surface area contributed by atoms with Gasteiger partial charge in [-0.25, -0.2) is 0 Å². The zero-order chi connectivity index (χ0) is 14.6. The fraction of sp³-hybridized carbons (Fsp3) is 0.833. The van der Waals surface area contributed by atoms with E-state index in [4.69, 9.17) is 15.2 Å². The van der Waals surface area contributed by atoms with Crippen molar-refractivity contribution in [3.8, 4) is 0 Å². The fourth-order valence-corrected chi connectivity index (χ4v) is 1.80. The summed E-state index contributed by atoms with van der Waals surface area (Å²) in [5.74, 6) is 0. The summed E-state index contributed by atoms with van der Waals surface area (Å²) < 4.78 is 10.5. The molecule has 3 unspecified atom stereocenters. The molecule has 0 spiro atoms. The molecule has 7 atom stereocenters. The Morgan fingerprint density at radius 1 is 1.26 bits per heavy atom. The molecule has 1 saturated heterocycles. The summed E-state index contributed by atoms with van der Waals surface area (Å²) in [5, 5.41) is 38.4. The topological polar surface area (TPSA) is 125 Å². The Morgan fingerprint density at radius 3 is 2.47 bits per heavy atom. The second-order valence-corrected chi connectivity index (χ2v) is 4.69. The van der Waals surface area contributed by atoms with Gasteiger partial charge in [0.15, 0.2) is 6.29 Å². The van der Waals surface area contributed by atoms with Crippen LogP contribution in [0.15, 0.2) is 12.2 Å². The molecule has 0 bridgehead atoms. The van der Waals surface area contributed by atoms with Gasteiger partial charge in [0.25, 0.3) is 0 Å². The highest BCUT2D eigenvalue weighted by atomic mass is 16.7. The lowest BCUT2D eigenvalue weighted by molar-refractivity contribution is -0.294. The number of aliphatic hydroxyl groups is 4. The van der Waals surface area contributed by atoms with Crippen molar-refractivity contribution in [3.63, 3.8) is 0 Å². The highest BCUT2D eigenvalue weighted by molar-refractivity contribution is 4.92. The third-order valence-corrected chi connectivity index (χ3v) is 3.09. The highest BCUT2D eigenvalue weighted by Crippen LogP contribution is 2.21. The third-order valence-electron chi connectivity index (χ3n) is 3.09. The van der Waals surface area contributed by atoms with Gasteiger partial charge in [-0.15, -0.1) is 0 Å². The molecule has 1 aliphatic rings. The van der Waals surface area contributed by atoms with Gasteiger partial charge in [0.2, 0.25) is 0 Å². The number of hydrogen-bond acceptors (Lipinski definition) is 7. The first-order chi connectivity index (χ1) is 8.88. The smallest absolute Gasteiger partial charge is 0.186 e.